The molecule has 0 radical (unpaired) electrons. The monoisotopic (exact) mass is 396 g/mol. The zero-order chi connectivity index (χ0) is 16.7. The minimum atomic E-state index is -0.364. The van der Waals surface area contributed by atoms with Gasteiger partial charge in [0, 0.05) is 5.02 Å². The van der Waals surface area contributed by atoms with Gasteiger partial charge in [0.25, 0.3) is 5.91 Å². The van der Waals surface area contributed by atoms with E-state index in [1.807, 2.05) is 24.3 Å². The maximum Gasteiger partial charge on any atom is 0.277 e. The number of halogens is 2. The van der Waals surface area contributed by atoms with Crippen LogP contribution in [0.3, 0.4) is 0 Å². The molecule has 0 spiro atoms. The molecule has 120 valence electrons. The molecule has 1 N–H and O–H groups in total. The van der Waals surface area contributed by atoms with Gasteiger partial charge < -0.3 is 9.47 Å². The number of hydrazone groups is 1. The molecule has 1 amide bonds. The van der Waals surface area contributed by atoms with Crippen molar-refractivity contribution < 1.29 is 14.3 Å². The van der Waals surface area contributed by atoms with Crippen molar-refractivity contribution in [1.29, 1.82) is 0 Å². The molecule has 23 heavy (non-hydrogen) atoms. The average molecular weight is 398 g/mol. The second-order valence-electron chi connectivity index (χ2n) is 4.43. The first-order valence-electron chi connectivity index (χ1n) is 6.62. The van der Waals surface area contributed by atoms with Crippen LogP contribution < -0.4 is 14.9 Å². The summed E-state index contributed by atoms with van der Waals surface area (Å²) in [5.74, 6) is 0.924. The van der Waals surface area contributed by atoms with Crippen LogP contribution in [0.2, 0.25) is 5.02 Å². The number of carbonyl (C=O) groups is 1. The Morgan fingerprint density at radius 2 is 2.04 bits per heavy atom. The molecule has 0 bridgehead atoms. The predicted molar refractivity (Wildman–Crippen MR) is 93.4 cm³/mol. The van der Waals surface area contributed by atoms with Crippen LogP contribution in [0.15, 0.2) is 52.0 Å². The Bertz CT molecular complexity index is 705. The standard InChI is InChI=1S/C16H14BrClN2O3/c1-22-13-5-2-11(3-6-13)9-19-20-16(21)10-23-15-7-4-12(18)8-14(15)17/h2-9H,10H2,1H3,(H,20,21)/b19-9-. The van der Waals surface area contributed by atoms with E-state index in [0.717, 1.165) is 11.3 Å². The second kappa shape index (κ2) is 8.55. The van der Waals surface area contributed by atoms with E-state index in [4.69, 9.17) is 21.1 Å². The summed E-state index contributed by atoms with van der Waals surface area (Å²) < 4.78 is 11.1. The molecule has 0 fully saturated rings. The fourth-order valence-electron chi connectivity index (χ4n) is 1.64. The summed E-state index contributed by atoms with van der Waals surface area (Å²) in [5, 5.41) is 4.45. The number of nitrogens with zero attached hydrogens (tertiary/aromatic N) is 1. The highest BCUT2D eigenvalue weighted by molar-refractivity contribution is 9.10. The summed E-state index contributed by atoms with van der Waals surface area (Å²) in [5.41, 5.74) is 3.23. The Balaban J connectivity index is 1.81. The van der Waals surface area contributed by atoms with Gasteiger partial charge in [0.1, 0.15) is 11.5 Å². The van der Waals surface area contributed by atoms with Crippen molar-refractivity contribution in [2.24, 2.45) is 5.10 Å². The number of amides is 1. The lowest BCUT2D eigenvalue weighted by Crippen LogP contribution is -2.24. The van der Waals surface area contributed by atoms with E-state index in [0.29, 0.717) is 15.2 Å². The maximum absolute atomic E-state index is 11.7. The quantitative estimate of drug-likeness (QED) is 0.598. The summed E-state index contributed by atoms with van der Waals surface area (Å²) in [4.78, 5) is 11.7. The highest BCUT2D eigenvalue weighted by atomic mass is 79.9. The van der Waals surface area contributed by atoms with Crippen LogP contribution in [-0.4, -0.2) is 25.8 Å². The molecular weight excluding hydrogens is 384 g/mol. The van der Waals surface area contributed by atoms with E-state index >= 15 is 0 Å². The van der Waals surface area contributed by atoms with Crippen LogP contribution in [-0.2, 0) is 4.79 Å². The number of hydrogen-bond donors (Lipinski definition) is 1. The molecule has 2 aromatic rings. The largest absolute Gasteiger partial charge is 0.497 e. The summed E-state index contributed by atoms with van der Waals surface area (Å²) in [6.07, 6.45) is 1.54. The van der Waals surface area contributed by atoms with Crippen molar-refractivity contribution in [2.45, 2.75) is 0 Å². The van der Waals surface area contributed by atoms with E-state index in [1.165, 1.54) is 6.21 Å². The molecular formula is C16H14BrClN2O3. The number of rotatable bonds is 6. The Morgan fingerprint density at radius 1 is 1.30 bits per heavy atom. The van der Waals surface area contributed by atoms with Crippen LogP contribution in [0.1, 0.15) is 5.56 Å². The van der Waals surface area contributed by atoms with Gasteiger partial charge in [0.05, 0.1) is 17.8 Å². The highest BCUT2D eigenvalue weighted by Crippen LogP contribution is 2.27. The van der Waals surface area contributed by atoms with Crippen molar-refractivity contribution in [3.8, 4) is 11.5 Å². The van der Waals surface area contributed by atoms with Gasteiger partial charge in [-0.1, -0.05) is 11.6 Å². The van der Waals surface area contributed by atoms with Gasteiger partial charge in [-0.25, -0.2) is 5.43 Å². The second-order valence-corrected chi connectivity index (χ2v) is 5.72. The van der Waals surface area contributed by atoms with Crippen LogP contribution in [0.4, 0.5) is 0 Å². The van der Waals surface area contributed by atoms with Crippen molar-refractivity contribution in [2.75, 3.05) is 13.7 Å². The molecule has 0 aliphatic heterocycles. The number of hydrogen-bond acceptors (Lipinski definition) is 4. The predicted octanol–water partition coefficient (Wildman–Crippen LogP) is 3.64. The van der Waals surface area contributed by atoms with Gasteiger partial charge in [-0.3, -0.25) is 4.79 Å². The Morgan fingerprint density at radius 3 is 2.70 bits per heavy atom. The lowest BCUT2D eigenvalue weighted by molar-refractivity contribution is -0.123. The minimum Gasteiger partial charge on any atom is -0.497 e. The lowest BCUT2D eigenvalue weighted by Gasteiger charge is -2.07. The lowest BCUT2D eigenvalue weighted by atomic mass is 10.2. The van der Waals surface area contributed by atoms with Gasteiger partial charge in [0.2, 0.25) is 0 Å². The Kier molecular flexibility index (Phi) is 6.43. The van der Waals surface area contributed by atoms with E-state index in [9.17, 15) is 4.79 Å². The van der Waals surface area contributed by atoms with E-state index < -0.39 is 0 Å². The molecule has 5 nitrogen and oxygen atoms in total. The molecule has 7 heteroatoms. The van der Waals surface area contributed by atoms with Crippen LogP contribution in [0.5, 0.6) is 11.5 Å². The van der Waals surface area contributed by atoms with E-state index in [2.05, 4.69) is 26.5 Å². The van der Waals surface area contributed by atoms with Gasteiger partial charge in [0.15, 0.2) is 6.61 Å². The molecule has 0 unspecified atom stereocenters. The first kappa shape index (κ1) is 17.3. The zero-order valence-electron chi connectivity index (χ0n) is 12.3. The first-order valence-corrected chi connectivity index (χ1v) is 7.79. The molecule has 0 atom stereocenters. The van der Waals surface area contributed by atoms with Gasteiger partial charge in [-0.05, 0) is 64.0 Å². The SMILES string of the molecule is COc1ccc(/C=N\NC(=O)COc2ccc(Cl)cc2Br)cc1. The third-order valence-electron chi connectivity index (χ3n) is 2.77. The number of nitrogens with one attached hydrogen (secondary N) is 1. The summed E-state index contributed by atoms with van der Waals surface area (Å²) >= 11 is 9.14. The van der Waals surface area contributed by atoms with Crippen molar-refractivity contribution in [3.05, 3.63) is 57.5 Å². The fraction of sp³-hybridized carbons (Fsp3) is 0.125. The summed E-state index contributed by atoms with van der Waals surface area (Å²) in [6, 6.07) is 12.3. The summed E-state index contributed by atoms with van der Waals surface area (Å²) in [7, 11) is 1.60. The van der Waals surface area contributed by atoms with Crippen molar-refractivity contribution in [3.63, 3.8) is 0 Å². The Labute approximate surface area is 147 Å². The zero-order valence-corrected chi connectivity index (χ0v) is 14.6. The minimum absolute atomic E-state index is 0.153. The smallest absolute Gasteiger partial charge is 0.277 e. The Hall–Kier alpha value is -2.05. The third-order valence-corrected chi connectivity index (χ3v) is 3.63. The third kappa shape index (κ3) is 5.58. The number of ether oxygens (including phenoxy) is 2. The van der Waals surface area contributed by atoms with Gasteiger partial charge in [-0.15, -0.1) is 0 Å². The number of benzene rings is 2. The fourth-order valence-corrected chi connectivity index (χ4v) is 2.43. The van der Waals surface area contributed by atoms with Crippen molar-refractivity contribution in [1.82, 2.24) is 5.43 Å². The van der Waals surface area contributed by atoms with E-state index in [-0.39, 0.29) is 12.5 Å². The molecule has 2 rings (SSSR count). The number of methoxy groups -OCH3 is 1. The van der Waals surface area contributed by atoms with Crippen LogP contribution >= 0.6 is 27.5 Å². The summed E-state index contributed by atoms with van der Waals surface area (Å²) in [6.45, 7) is -0.153. The molecule has 0 saturated heterocycles. The molecule has 0 aliphatic carbocycles. The molecule has 0 heterocycles. The highest BCUT2D eigenvalue weighted by Gasteiger charge is 2.05. The van der Waals surface area contributed by atoms with Gasteiger partial charge >= 0.3 is 0 Å². The first-order chi connectivity index (χ1) is 11.1. The van der Waals surface area contributed by atoms with Crippen LogP contribution in [0.25, 0.3) is 0 Å². The van der Waals surface area contributed by atoms with Crippen LogP contribution in [0, 0.1) is 0 Å². The van der Waals surface area contributed by atoms with Crippen molar-refractivity contribution >= 4 is 39.7 Å². The van der Waals surface area contributed by atoms with E-state index in [1.54, 1.807) is 25.3 Å². The molecule has 0 aliphatic rings. The maximum atomic E-state index is 11.7. The molecule has 2 aromatic carbocycles. The normalized spacial score (nSPS) is 10.6. The molecule has 0 saturated carbocycles. The average Bonchev–Trinajstić information content (AvgIpc) is 2.54. The molecule has 0 aromatic heterocycles. The van der Waals surface area contributed by atoms with Gasteiger partial charge in [-0.2, -0.15) is 5.10 Å². The topological polar surface area (TPSA) is 59.9 Å². The number of carbonyl (C=O) groups excluding carboxylic acids is 1.